The summed E-state index contributed by atoms with van der Waals surface area (Å²) in [6.45, 7) is 0.537. The van der Waals surface area contributed by atoms with Crippen LogP contribution in [0.1, 0.15) is 24.0 Å². The quantitative estimate of drug-likeness (QED) is 0.882. The van der Waals surface area contributed by atoms with Crippen LogP contribution in [0.15, 0.2) is 24.3 Å². The summed E-state index contributed by atoms with van der Waals surface area (Å²) in [5, 5.41) is 9.33. The SMILES string of the molecule is CN(C)[C@@H]1CC[C@H](C(=O)O)CN(C(=O)Cc2ccc(C(F)(F)F)cc2)C1. The van der Waals surface area contributed by atoms with E-state index in [1.807, 2.05) is 19.0 Å². The van der Waals surface area contributed by atoms with E-state index in [-0.39, 0.29) is 24.9 Å². The van der Waals surface area contributed by atoms with Gasteiger partial charge in [0, 0.05) is 19.1 Å². The van der Waals surface area contributed by atoms with Crippen LogP contribution < -0.4 is 0 Å². The molecule has 26 heavy (non-hydrogen) atoms. The predicted molar refractivity (Wildman–Crippen MR) is 89.6 cm³/mol. The van der Waals surface area contributed by atoms with Crippen LogP contribution in [0.3, 0.4) is 0 Å². The number of hydrogen-bond acceptors (Lipinski definition) is 3. The zero-order valence-corrected chi connectivity index (χ0v) is 14.8. The Kier molecular flexibility index (Phi) is 6.28. The molecule has 1 N–H and O–H groups in total. The number of likely N-dealkylation sites (N-methyl/N-ethyl adjacent to an activating group) is 1. The maximum Gasteiger partial charge on any atom is 0.416 e. The summed E-state index contributed by atoms with van der Waals surface area (Å²) in [6, 6.07) is 4.53. The van der Waals surface area contributed by atoms with Crippen molar-refractivity contribution in [2.45, 2.75) is 31.5 Å². The lowest BCUT2D eigenvalue weighted by molar-refractivity contribution is -0.143. The number of halogens is 3. The minimum Gasteiger partial charge on any atom is -0.481 e. The third-order valence-electron chi connectivity index (χ3n) is 4.79. The first-order valence-electron chi connectivity index (χ1n) is 8.41. The van der Waals surface area contributed by atoms with E-state index >= 15 is 0 Å². The number of hydrogen-bond donors (Lipinski definition) is 1. The highest BCUT2D eigenvalue weighted by Crippen LogP contribution is 2.29. The molecule has 0 spiro atoms. The molecule has 1 aliphatic rings. The van der Waals surface area contributed by atoms with Crippen molar-refractivity contribution in [3.8, 4) is 0 Å². The minimum atomic E-state index is -4.42. The van der Waals surface area contributed by atoms with Gasteiger partial charge in [0.15, 0.2) is 0 Å². The zero-order chi connectivity index (χ0) is 19.5. The van der Waals surface area contributed by atoms with Crippen molar-refractivity contribution in [3.63, 3.8) is 0 Å². The molecule has 1 aromatic rings. The highest BCUT2D eigenvalue weighted by atomic mass is 19.4. The maximum atomic E-state index is 12.6. The van der Waals surface area contributed by atoms with Gasteiger partial charge in [0.2, 0.25) is 5.91 Å². The van der Waals surface area contributed by atoms with Crippen LogP contribution in [0.25, 0.3) is 0 Å². The van der Waals surface area contributed by atoms with Crippen LogP contribution in [0.4, 0.5) is 13.2 Å². The van der Waals surface area contributed by atoms with Crippen LogP contribution in [0, 0.1) is 5.92 Å². The number of aliphatic carboxylic acids is 1. The zero-order valence-electron chi connectivity index (χ0n) is 14.8. The van der Waals surface area contributed by atoms with E-state index in [0.29, 0.717) is 24.9 Å². The van der Waals surface area contributed by atoms with Crippen molar-refractivity contribution in [2.75, 3.05) is 27.2 Å². The molecule has 0 saturated carbocycles. The standard InChI is InChI=1S/C18H23F3N2O3/c1-22(2)15-8-5-13(17(25)26)10-23(11-15)16(24)9-12-3-6-14(7-4-12)18(19,20)21/h3-4,6-7,13,15H,5,8-11H2,1-2H3,(H,25,26)/t13-,15+/m0/s1. The molecule has 2 atom stereocenters. The molecule has 0 aromatic heterocycles. The van der Waals surface area contributed by atoms with Gasteiger partial charge in [0.1, 0.15) is 0 Å². The van der Waals surface area contributed by atoms with Gasteiger partial charge < -0.3 is 14.9 Å². The van der Waals surface area contributed by atoms with E-state index in [9.17, 15) is 27.9 Å². The Bertz CT molecular complexity index is 644. The Hall–Kier alpha value is -2.09. The molecule has 1 heterocycles. The van der Waals surface area contributed by atoms with Crippen LogP contribution >= 0.6 is 0 Å². The van der Waals surface area contributed by atoms with Crippen molar-refractivity contribution < 1.29 is 27.9 Å². The summed E-state index contributed by atoms with van der Waals surface area (Å²) < 4.78 is 37.9. The smallest absolute Gasteiger partial charge is 0.416 e. The number of alkyl halides is 3. The minimum absolute atomic E-state index is 0.0510. The highest BCUT2D eigenvalue weighted by Gasteiger charge is 2.32. The Balaban J connectivity index is 2.11. The van der Waals surface area contributed by atoms with Gasteiger partial charge in [-0.05, 0) is 44.6 Å². The Labute approximate surface area is 150 Å². The summed E-state index contributed by atoms with van der Waals surface area (Å²) in [5.74, 6) is -1.84. The summed E-state index contributed by atoms with van der Waals surface area (Å²) >= 11 is 0. The molecular formula is C18H23F3N2O3. The number of carbonyl (C=O) groups excluding carboxylic acids is 1. The van der Waals surface area contributed by atoms with Gasteiger partial charge in [-0.1, -0.05) is 12.1 Å². The molecule has 1 aromatic carbocycles. The maximum absolute atomic E-state index is 12.6. The first-order valence-corrected chi connectivity index (χ1v) is 8.41. The lowest BCUT2D eigenvalue weighted by atomic mass is 10.0. The van der Waals surface area contributed by atoms with Crippen molar-refractivity contribution >= 4 is 11.9 Å². The monoisotopic (exact) mass is 372 g/mol. The molecule has 0 aliphatic carbocycles. The normalized spacial score (nSPS) is 21.5. The summed E-state index contributed by atoms with van der Waals surface area (Å²) in [7, 11) is 3.76. The van der Waals surface area contributed by atoms with Gasteiger partial charge in [-0.25, -0.2) is 0 Å². The summed E-state index contributed by atoms with van der Waals surface area (Å²) in [4.78, 5) is 27.5. The van der Waals surface area contributed by atoms with E-state index in [0.717, 1.165) is 12.1 Å². The average molecular weight is 372 g/mol. The number of rotatable bonds is 4. The molecule has 1 aliphatic heterocycles. The molecule has 1 amide bonds. The second kappa shape index (κ2) is 8.07. The van der Waals surface area contributed by atoms with E-state index in [1.165, 1.54) is 17.0 Å². The van der Waals surface area contributed by atoms with Crippen molar-refractivity contribution in [1.82, 2.24) is 9.80 Å². The average Bonchev–Trinajstić information content (AvgIpc) is 2.78. The Morgan fingerprint density at radius 2 is 1.77 bits per heavy atom. The van der Waals surface area contributed by atoms with Crippen LogP contribution in [0.5, 0.6) is 0 Å². The number of likely N-dealkylation sites (tertiary alicyclic amines) is 1. The number of carbonyl (C=O) groups is 2. The fourth-order valence-electron chi connectivity index (χ4n) is 3.10. The molecule has 1 saturated heterocycles. The Morgan fingerprint density at radius 3 is 2.27 bits per heavy atom. The van der Waals surface area contributed by atoms with Gasteiger partial charge >= 0.3 is 12.1 Å². The third kappa shape index (κ3) is 5.20. The summed E-state index contributed by atoms with van der Waals surface area (Å²) in [5.41, 5.74) is -0.289. The molecule has 2 rings (SSSR count). The molecular weight excluding hydrogens is 349 g/mol. The number of amides is 1. The van der Waals surface area contributed by atoms with Crippen molar-refractivity contribution in [1.29, 1.82) is 0 Å². The molecule has 144 valence electrons. The van der Waals surface area contributed by atoms with Gasteiger partial charge in [-0.15, -0.1) is 0 Å². The Morgan fingerprint density at radius 1 is 1.15 bits per heavy atom. The molecule has 0 unspecified atom stereocenters. The fourth-order valence-corrected chi connectivity index (χ4v) is 3.10. The van der Waals surface area contributed by atoms with E-state index in [2.05, 4.69) is 0 Å². The first-order chi connectivity index (χ1) is 12.1. The number of benzene rings is 1. The lowest BCUT2D eigenvalue weighted by Gasteiger charge is -2.29. The lowest BCUT2D eigenvalue weighted by Crippen LogP contribution is -2.43. The van der Waals surface area contributed by atoms with Crippen LogP contribution in [-0.4, -0.2) is 60.0 Å². The van der Waals surface area contributed by atoms with Crippen LogP contribution in [0.2, 0.25) is 0 Å². The highest BCUT2D eigenvalue weighted by molar-refractivity contribution is 5.80. The topological polar surface area (TPSA) is 60.9 Å². The van der Waals surface area contributed by atoms with E-state index in [4.69, 9.17) is 0 Å². The van der Waals surface area contributed by atoms with Crippen LogP contribution in [-0.2, 0) is 22.2 Å². The number of carboxylic acids is 1. The van der Waals surface area contributed by atoms with E-state index in [1.54, 1.807) is 0 Å². The fraction of sp³-hybridized carbons (Fsp3) is 0.556. The van der Waals surface area contributed by atoms with Crippen molar-refractivity contribution in [3.05, 3.63) is 35.4 Å². The third-order valence-corrected chi connectivity index (χ3v) is 4.79. The van der Waals surface area contributed by atoms with Gasteiger partial charge in [0.25, 0.3) is 0 Å². The van der Waals surface area contributed by atoms with Gasteiger partial charge in [-0.2, -0.15) is 13.2 Å². The molecule has 5 nitrogen and oxygen atoms in total. The molecule has 1 fully saturated rings. The van der Waals surface area contributed by atoms with Gasteiger partial charge in [0.05, 0.1) is 17.9 Å². The van der Waals surface area contributed by atoms with E-state index < -0.39 is 23.6 Å². The largest absolute Gasteiger partial charge is 0.481 e. The molecule has 0 bridgehead atoms. The summed E-state index contributed by atoms with van der Waals surface area (Å²) in [6.07, 6.45) is -3.30. The molecule has 0 radical (unpaired) electrons. The van der Waals surface area contributed by atoms with Gasteiger partial charge in [-0.3, -0.25) is 9.59 Å². The molecule has 8 heteroatoms. The first kappa shape index (κ1) is 20.2. The number of nitrogens with zero attached hydrogens (tertiary/aromatic N) is 2. The second-order valence-electron chi connectivity index (χ2n) is 6.90. The number of carboxylic acid groups (broad SMARTS) is 1. The second-order valence-corrected chi connectivity index (χ2v) is 6.90. The predicted octanol–water partition coefficient (Wildman–Crippen LogP) is 2.50. The van der Waals surface area contributed by atoms with Crippen molar-refractivity contribution in [2.24, 2.45) is 5.92 Å².